The Morgan fingerprint density at radius 1 is 1.30 bits per heavy atom. The molecule has 6 heteroatoms. The summed E-state index contributed by atoms with van der Waals surface area (Å²) in [5.41, 5.74) is 1.83. The van der Waals surface area contributed by atoms with Gasteiger partial charge in [0.25, 0.3) is 5.91 Å². The number of hydrogen-bond acceptors (Lipinski definition) is 4. The lowest BCUT2D eigenvalue weighted by Gasteiger charge is -2.11. The average molecular weight is 312 g/mol. The number of amides is 1. The topological polar surface area (TPSA) is 72.4 Å². The van der Waals surface area contributed by atoms with Gasteiger partial charge < -0.3 is 9.73 Å². The molecule has 0 aliphatic rings. The standard InChI is InChI=1S/C17H20N4O2/c1-4-12-10-14(23-13(12)5-2)17(22)18-11(3)16-20-19-15-8-6-7-9-21(15)16/h6-11H,4-5H2,1-3H3,(H,18,22)/t11-/m1/s1. The molecule has 0 radical (unpaired) electrons. The van der Waals surface area contributed by atoms with Crippen molar-refractivity contribution in [2.45, 2.75) is 39.7 Å². The van der Waals surface area contributed by atoms with Gasteiger partial charge in [-0.2, -0.15) is 0 Å². The second-order valence-corrected chi connectivity index (χ2v) is 5.45. The van der Waals surface area contributed by atoms with Crippen LogP contribution in [0.4, 0.5) is 0 Å². The van der Waals surface area contributed by atoms with Crippen molar-refractivity contribution in [3.63, 3.8) is 0 Å². The number of rotatable bonds is 5. The maximum atomic E-state index is 12.4. The summed E-state index contributed by atoms with van der Waals surface area (Å²) in [6, 6.07) is 7.22. The van der Waals surface area contributed by atoms with Gasteiger partial charge in [-0.15, -0.1) is 10.2 Å². The fourth-order valence-electron chi connectivity index (χ4n) is 2.66. The van der Waals surface area contributed by atoms with Gasteiger partial charge in [-0.25, -0.2) is 0 Å². The molecule has 0 fully saturated rings. The molecule has 0 bridgehead atoms. The summed E-state index contributed by atoms with van der Waals surface area (Å²) in [4.78, 5) is 12.4. The molecular weight excluding hydrogens is 292 g/mol. The van der Waals surface area contributed by atoms with Gasteiger partial charge in [-0.1, -0.05) is 19.9 Å². The molecule has 6 nitrogen and oxygen atoms in total. The zero-order valence-corrected chi connectivity index (χ0v) is 13.5. The van der Waals surface area contributed by atoms with Crippen molar-refractivity contribution in [1.82, 2.24) is 19.9 Å². The Morgan fingerprint density at radius 2 is 2.13 bits per heavy atom. The van der Waals surface area contributed by atoms with Crippen LogP contribution in [0.15, 0.2) is 34.9 Å². The average Bonchev–Trinajstić information content (AvgIpc) is 3.18. The van der Waals surface area contributed by atoms with E-state index in [1.807, 2.05) is 48.7 Å². The lowest BCUT2D eigenvalue weighted by Crippen LogP contribution is -2.27. The van der Waals surface area contributed by atoms with E-state index in [1.165, 1.54) is 0 Å². The molecule has 0 aliphatic carbocycles. The van der Waals surface area contributed by atoms with E-state index in [2.05, 4.69) is 22.4 Å². The van der Waals surface area contributed by atoms with Crippen molar-refractivity contribution in [3.05, 3.63) is 53.4 Å². The molecule has 3 rings (SSSR count). The monoisotopic (exact) mass is 312 g/mol. The van der Waals surface area contributed by atoms with E-state index < -0.39 is 0 Å². The number of hydrogen-bond donors (Lipinski definition) is 1. The first-order valence-electron chi connectivity index (χ1n) is 7.86. The van der Waals surface area contributed by atoms with Crippen LogP contribution in [-0.4, -0.2) is 20.5 Å². The molecular formula is C17H20N4O2. The van der Waals surface area contributed by atoms with Gasteiger partial charge in [0.2, 0.25) is 0 Å². The Bertz CT molecular complexity index is 813. The Hall–Kier alpha value is -2.63. The number of pyridine rings is 1. The van der Waals surface area contributed by atoms with Crippen LogP contribution in [0.25, 0.3) is 5.65 Å². The molecule has 1 N–H and O–H groups in total. The third kappa shape index (κ3) is 2.84. The van der Waals surface area contributed by atoms with Gasteiger partial charge in [0.1, 0.15) is 5.76 Å². The highest BCUT2D eigenvalue weighted by Crippen LogP contribution is 2.18. The molecule has 0 unspecified atom stereocenters. The summed E-state index contributed by atoms with van der Waals surface area (Å²) in [7, 11) is 0. The van der Waals surface area contributed by atoms with Crippen molar-refractivity contribution in [2.75, 3.05) is 0 Å². The number of nitrogens with one attached hydrogen (secondary N) is 1. The van der Waals surface area contributed by atoms with E-state index in [4.69, 9.17) is 4.42 Å². The zero-order chi connectivity index (χ0) is 16.4. The highest BCUT2D eigenvalue weighted by molar-refractivity contribution is 5.92. The molecule has 23 heavy (non-hydrogen) atoms. The molecule has 1 atom stereocenters. The maximum absolute atomic E-state index is 12.4. The lowest BCUT2D eigenvalue weighted by molar-refractivity contribution is 0.0908. The van der Waals surface area contributed by atoms with Gasteiger partial charge in [-0.05, 0) is 37.1 Å². The van der Waals surface area contributed by atoms with Gasteiger partial charge in [-0.3, -0.25) is 9.20 Å². The molecule has 1 amide bonds. The molecule has 3 aromatic heterocycles. The first kappa shape index (κ1) is 15.3. The summed E-state index contributed by atoms with van der Waals surface area (Å²) in [6.07, 6.45) is 3.51. The molecule has 0 spiro atoms. The summed E-state index contributed by atoms with van der Waals surface area (Å²) >= 11 is 0. The van der Waals surface area contributed by atoms with E-state index in [0.717, 1.165) is 29.8 Å². The first-order chi connectivity index (χ1) is 11.1. The Kier molecular flexibility index (Phi) is 4.14. The van der Waals surface area contributed by atoms with E-state index >= 15 is 0 Å². The highest BCUT2D eigenvalue weighted by Gasteiger charge is 2.20. The zero-order valence-electron chi connectivity index (χ0n) is 13.5. The lowest BCUT2D eigenvalue weighted by atomic mass is 10.1. The number of aryl methyl sites for hydroxylation is 2. The Morgan fingerprint density at radius 3 is 2.83 bits per heavy atom. The van der Waals surface area contributed by atoms with E-state index in [0.29, 0.717) is 11.6 Å². The largest absolute Gasteiger partial charge is 0.456 e. The fraction of sp³-hybridized carbons (Fsp3) is 0.353. The number of carbonyl (C=O) groups excluding carboxylic acids is 1. The van der Waals surface area contributed by atoms with Crippen LogP contribution in [0.2, 0.25) is 0 Å². The summed E-state index contributed by atoms with van der Waals surface area (Å²) in [5, 5.41) is 11.2. The van der Waals surface area contributed by atoms with Crippen LogP contribution in [0.5, 0.6) is 0 Å². The Labute approximate surface area is 134 Å². The number of furan rings is 1. The third-order valence-electron chi connectivity index (χ3n) is 3.90. The normalized spacial score (nSPS) is 12.5. The van der Waals surface area contributed by atoms with Crippen molar-refractivity contribution >= 4 is 11.6 Å². The fourth-order valence-corrected chi connectivity index (χ4v) is 2.66. The number of nitrogens with zero attached hydrogens (tertiary/aromatic N) is 3. The van der Waals surface area contributed by atoms with Gasteiger partial charge in [0, 0.05) is 12.6 Å². The molecule has 0 aliphatic heterocycles. The second kappa shape index (κ2) is 6.24. The molecule has 0 aromatic carbocycles. The van der Waals surface area contributed by atoms with Crippen LogP contribution < -0.4 is 5.32 Å². The van der Waals surface area contributed by atoms with E-state index in [-0.39, 0.29) is 11.9 Å². The van der Waals surface area contributed by atoms with Gasteiger partial charge in [0.05, 0.1) is 6.04 Å². The molecule has 3 heterocycles. The number of fused-ring (bicyclic) bond motifs is 1. The molecule has 0 saturated heterocycles. The Balaban J connectivity index is 1.81. The number of aromatic nitrogens is 3. The molecule has 120 valence electrons. The minimum atomic E-state index is -0.278. The van der Waals surface area contributed by atoms with Crippen molar-refractivity contribution in [3.8, 4) is 0 Å². The van der Waals surface area contributed by atoms with Crippen molar-refractivity contribution < 1.29 is 9.21 Å². The minimum Gasteiger partial charge on any atom is -0.456 e. The quantitative estimate of drug-likeness (QED) is 0.786. The van der Waals surface area contributed by atoms with E-state index in [1.54, 1.807) is 0 Å². The SMILES string of the molecule is CCc1cc(C(=O)N[C@H](C)c2nnc3ccccn23)oc1CC. The highest BCUT2D eigenvalue weighted by atomic mass is 16.4. The van der Waals surface area contributed by atoms with Crippen molar-refractivity contribution in [2.24, 2.45) is 0 Å². The molecule has 0 saturated carbocycles. The van der Waals surface area contributed by atoms with E-state index in [9.17, 15) is 4.79 Å². The van der Waals surface area contributed by atoms with Crippen LogP contribution in [0.3, 0.4) is 0 Å². The molecule has 3 aromatic rings. The summed E-state index contributed by atoms with van der Waals surface area (Å²) < 4.78 is 7.53. The smallest absolute Gasteiger partial charge is 0.287 e. The summed E-state index contributed by atoms with van der Waals surface area (Å²) in [6.45, 7) is 5.95. The second-order valence-electron chi connectivity index (χ2n) is 5.45. The summed E-state index contributed by atoms with van der Waals surface area (Å²) in [5.74, 6) is 1.67. The third-order valence-corrected chi connectivity index (χ3v) is 3.90. The van der Waals surface area contributed by atoms with Gasteiger partial charge >= 0.3 is 0 Å². The number of carbonyl (C=O) groups is 1. The maximum Gasteiger partial charge on any atom is 0.287 e. The van der Waals surface area contributed by atoms with Gasteiger partial charge in [0.15, 0.2) is 17.2 Å². The van der Waals surface area contributed by atoms with Crippen LogP contribution in [-0.2, 0) is 12.8 Å². The van der Waals surface area contributed by atoms with Crippen LogP contribution >= 0.6 is 0 Å². The minimum absolute atomic E-state index is 0.236. The van der Waals surface area contributed by atoms with Crippen LogP contribution in [0, 0.1) is 0 Å². The predicted octanol–water partition coefficient (Wildman–Crippen LogP) is 2.94. The van der Waals surface area contributed by atoms with Crippen molar-refractivity contribution in [1.29, 1.82) is 0 Å². The van der Waals surface area contributed by atoms with Crippen LogP contribution in [0.1, 0.15) is 54.5 Å². The first-order valence-corrected chi connectivity index (χ1v) is 7.86. The predicted molar refractivity (Wildman–Crippen MR) is 86.3 cm³/mol.